The van der Waals surface area contributed by atoms with Crippen molar-refractivity contribution in [2.75, 3.05) is 7.11 Å². The Labute approximate surface area is 142 Å². The minimum Gasteiger partial charge on any atom is -0.491 e. The van der Waals surface area contributed by atoms with Gasteiger partial charge in [0.2, 0.25) is 5.43 Å². The second kappa shape index (κ2) is 7.10. The summed E-state index contributed by atoms with van der Waals surface area (Å²) in [6.07, 6.45) is 3.11. The fourth-order valence-corrected chi connectivity index (χ4v) is 2.97. The van der Waals surface area contributed by atoms with Gasteiger partial charge in [-0.2, -0.15) is 0 Å². The second-order valence-electron chi connectivity index (χ2n) is 4.96. The Morgan fingerprint density at radius 3 is 2.83 bits per heavy atom. The molecule has 3 rings (SSSR count). The van der Waals surface area contributed by atoms with E-state index in [0.29, 0.717) is 6.54 Å². The number of H-pyrrole nitrogens is 1. The fourth-order valence-electron chi connectivity index (χ4n) is 2.11. The van der Waals surface area contributed by atoms with Gasteiger partial charge in [-0.25, -0.2) is 4.98 Å². The molecule has 0 saturated carbocycles. The number of hydrogen-bond donors (Lipinski definition) is 2. The molecule has 1 aromatic carbocycles. The molecule has 3 aromatic rings. The van der Waals surface area contributed by atoms with Crippen molar-refractivity contribution < 1.29 is 9.53 Å². The van der Waals surface area contributed by atoms with Crippen LogP contribution in [0.1, 0.15) is 15.4 Å². The van der Waals surface area contributed by atoms with E-state index in [-0.39, 0.29) is 22.8 Å². The zero-order valence-electron chi connectivity index (χ0n) is 12.9. The molecule has 122 valence electrons. The monoisotopic (exact) mass is 341 g/mol. The first-order chi connectivity index (χ1) is 11.7. The molecule has 0 saturated heterocycles. The Hall–Kier alpha value is -2.93. The fraction of sp³-hybridized carbons (Fsp3) is 0.118. The molecule has 2 aromatic heterocycles. The number of hydrogen-bond acceptors (Lipinski definition) is 5. The van der Waals surface area contributed by atoms with E-state index in [1.165, 1.54) is 30.7 Å². The van der Waals surface area contributed by atoms with Crippen molar-refractivity contribution in [3.05, 3.63) is 69.6 Å². The number of amides is 1. The summed E-state index contributed by atoms with van der Waals surface area (Å²) in [4.78, 5) is 31.8. The summed E-state index contributed by atoms with van der Waals surface area (Å²) < 4.78 is 4.87. The summed E-state index contributed by atoms with van der Waals surface area (Å²) >= 11 is 1.51. The maximum atomic E-state index is 12.1. The summed E-state index contributed by atoms with van der Waals surface area (Å²) in [6.45, 7) is 0.345. The van der Waals surface area contributed by atoms with Crippen LogP contribution < -0.4 is 15.5 Å². The SMILES string of the molecule is COc1c[nH]c(C(=O)NCc2cnc(-c3ccccc3)s2)cc1=O. The molecule has 2 heterocycles. The van der Waals surface area contributed by atoms with Crippen molar-refractivity contribution in [1.82, 2.24) is 15.3 Å². The zero-order valence-corrected chi connectivity index (χ0v) is 13.7. The summed E-state index contributed by atoms with van der Waals surface area (Å²) in [6, 6.07) is 11.1. The number of nitrogens with one attached hydrogen (secondary N) is 2. The lowest BCUT2D eigenvalue weighted by Crippen LogP contribution is -2.24. The van der Waals surface area contributed by atoms with Crippen LogP contribution in [0.15, 0.2) is 53.6 Å². The van der Waals surface area contributed by atoms with Crippen LogP contribution in [-0.2, 0) is 6.54 Å². The molecule has 0 radical (unpaired) electrons. The second-order valence-corrected chi connectivity index (χ2v) is 6.07. The maximum Gasteiger partial charge on any atom is 0.268 e. The van der Waals surface area contributed by atoms with Crippen LogP contribution in [0, 0.1) is 0 Å². The third-order valence-electron chi connectivity index (χ3n) is 3.34. The molecule has 6 nitrogen and oxygen atoms in total. The van der Waals surface area contributed by atoms with Gasteiger partial charge in [-0.3, -0.25) is 9.59 Å². The van der Waals surface area contributed by atoms with Gasteiger partial charge in [0.15, 0.2) is 5.75 Å². The normalized spacial score (nSPS) is 10.4. The standard InChI is InChI=1S/C17H15N3O3S/c1-23-15-10-18-13(7-14(15)21)16(22)19-8-12-9-20-17(24-12)11-5-3-2-4-6-11/h2-7,9-10H,8H2,1H3,(H,18,21)(H,19,22). The van der Waals surface area contributed by atoms with Crippen LogP contribution in [0.25, 0.3) is 10.6 Å². The van der Waals surface area contributed by atoms with E-state index < -0.39 is 0 Å². The predicted octanol–water partition coefficient (Wildman–Crippen LogP) is 2.44. The lowest BCUT2D eigenvalue weighted by atomic mass is 10.2. The van der Waals surface area contributed by atoms with E-state index in [1.54, 1.807) is 6.20 Å². The molecule has 0 atom stereocenters. The molecular formula is C17H15N3O3S. The summed E-state index contributed by atoms with van der Waals surface area (Å²) in [5.74, 6) is -0.189. The highest BCUT2D eigenvalue weighted by Crippen LogP contribution is 2.24. The van der Waals surface area contributed by atoms with Crippen molar-refractivity contribution in [2.24, 2.45) is 0 Å². The number of carbonyl (C=O) groups excluding carboxylic acids is 1. The number of thiazole rings is 1. The molecule has 0 spiro atoms. The molecule has 0 fully saturated rings. The number of benzene rings is 1. The van der Waals surface area contributed by atoms with Crippen LogP contribution in [0.2, 0.25) is 0 Å². The van der Waals surface area contributed by atoms with Gasteiger partial charge in [-0.05, 0) is 0 Å². The number of methoxy groups -OCH3 is 1. The molecule has 0 unspecified atom stereocenters. The highest BCUT2D eigenvalue weighted by atomic mass is 32.1. The van der Waals surface area contributed by atoms with Crippen LogP contribution in [-0.4, -0.2) is 23.0 Å². The smallest absolute Gasteiger partial charge is 0.268 e. The molecule has 2 N–H and O–H groups in total. The zero-order chi connectivity index (χ0) is 16.9. The summed E-state index contributed by atoms with van der Waals surface area (Å²) in [7, 11) is 1.40. The molecule has 0 bridgehead atoms. The van der Waals surface area contributed by atoms with Crippen LogP contribution >= 0.6 is 11.3 Å². The lowest BCUT2D eigenvalue weighted by Gasteiger charge is -2.04. The van der Waals surface area contributed by atoms with Gasteiger partial charge in [0, 0.05) is 28.9 Å². The Kier molecular flexibility index (Phi) is 4.72. The Morgan fingerprint density at radius 1 is 1.33 bits per heavy atom. The molecule has 0 aliphatic heterocycles. The lowest BCUT2D eigenvalue weighted by molar-refractivity contribution is 0.0946. The van der Waals surface area contributed by atoms with E-state index in [9.17, 15) is 9.59 Å². The average Bonchev–Trinajstić information content (AvgIpc) is 3.09. The van der Waals surface area contributed by atoms with Crippen molar-refractivity contribution in [3.63, 3.8) is 0 Å². The number of nitrogens with zero attached hydrogens (tertiary/aromatic N) is 1. The summed E-state index contributed by atoms with van der Waals surface area (Å²) in [5.41, 5.74) is 0.888. The van der Waals surface area contributed by atoms with Gasteiger partial charge in [0.25, 0.3) is 5.91 Å². The van der Waals surface area contributed by atoms with Crippen molar-refractivity contribution in [2.45, 2.75) is 6.54 Å². The van der Waals surface area contributed by atoms with Crippen molar-refractivity contribution >= 4 is 17.2 Å². The number of rotatable bonds is 5. The highest BCUT2D eigenvalue weighted by Gasteiger charge is 2.10. The van der Waals surface area contributed by atoms with Gasteiger partial charge in [0.05, 0.1) is 13.7 Å². The predicted molar refractivity (Wildman–Crippen MR) is 92.3 cm³/mol. The number of aromatic amines is 1. The first-order valence-electron chi connectivity index (χ1n) is 7.22. The molecule has 0 aliphatic rings. The quantitative estimate of drug-likeness (QED) is 0.746. The Balaban J connectivity index is 1.66. The van der Waals surface area contributed by atoms with Gasteiger partial charge >= 0.3 is 0 Å². The van der Waals surface area contributed by atoms with Crippen molar-refractivity contribution in [3.8, 4) is 16.3 Å². The third kappa shape index (κ3) is 3.52. The van der Waals surface area contributed by atoms with Gasteiger partial charge in [-0.15, -0.1) is 11.3 Å². The Morgan fingerprint density at radius 2 is 2.12 bits per heavy atom. The largest absolute Gasteiger partial charge is 0.491 e. The first-order valence-corrected chi connectivity index (χ1v) is 8.04. The topological polar surface area (TPSA) is 84.1 Å². The van der Waals surface area contributed by atoms with Gasteiger partial charge in [0.1, 0.15) is 10.7 Å². The molecule has 0 aliphatic carbocycles. The number of aromatic nitrogens is 2. The minimum atomic E-state index is -0.357. The molecule has 24 heavy (non-hydrogen) atoms. The first kappa shape index (κ1) is 15.9. The molecular weight excluding hydrogens is 326 g/mol. The summed E-state index contributed by atoms with van der Waals surface area (Å²) in [5, 5.41) is 3.67. The van der Waals surface area contributed by atoms with E-state index in [4.69, 9.17) is 4.74 Å². The number of pyridine rings is 1. The van der Waals surface area contributed by atoms with Gasteiger partial charge < -0.3 is 15.0 Å². The van der Waals surface area contributed by atoms with E-state index in [0.717, 1.165) is 15.4 Å². The van der Waals surface area contributed by atoms with E-state index >= 15 is 0 Å². The van der Waals surface area contributed by atoms with Crippen molar-refractivity contribution in [1.29, 1.82) is 0 Å². The van der Waals surface area contributed by atoms with Gasteiger partial charge in [-0.1, -0.05) is 30.3 Å². The Bertz CT molecular complexity index is 903. The number of ether oxygens (including phenoxy) is 1. The van der Waals surface area contributed by atoms with E-state index in [2.05, 4.69) is 15.3 Å². The van der Waals surface area contributed by atoms with Crippen LogP contribution in [0.3, 0.4) is 0 Å². The number of carbonyl (C=O) groups is 1. The molecule has 1 amide bonds. The highest BCUT2D eigenvalue weighted by molar-refractivity contribution is 7.15. The molecule has 7 heteroatoms. The minimum absolute atomic E-state index is 0.168. The van der Waals surface area contributed by atoms with E-state index in [1.807, 2.05) is 30.3 Å². The maximum absolute atomic E-state index is 12.1. The third-order valence-corrected chi connectivity index (χ3v) is 4.39. The average molecular weight is 341 g/mol. The van der Waals surface area contributed by atoms with Crippen LogP contribution in [0.4, 0.5) is 0 Å². The van der Waals surface area contributed by atoms with Crippen LogP contribution in [0.5, 0.6) is 5.75 Å².